The van der Waals surface area contributed by atoms with E-state index in [9.17, 15) is 0 Å². The summed E-state index contributed by atoms with van der Waals surface area (Å²) in [5.74, 6) is 2.23. The Morgan fingerprint density at radius 1 is 0.933 bits per heavy atom. The van der Waals surface area contributed by atoms with Gasteiger partial charge >= 0.3 is 0 Å². The number of nitrogen functional groups attached to an aromatic ring is 1. The molecule has 0 atom stereocenters. The molecular weight excluding hydrogens is 376 g/mol. The van der Waals surface area contributed by atoms with E-state index in [0.29, 0.717) is 23.9 Å². The molecule has 0 aliphatic heterocycles. The van der Waals surface area contributed by atoms with Crippen LogP contribution in [-0.2, 0) is 6.54 Å². The number of rotatable bonds is 6. The Kier molecular flexibility index (Phi) is 5.54. The van der Waals surface area contributed by atoms with E-state index in [2.05, 4.69) is 20.3 Å². The van der Waals surface area contributed by atoms with Gasteiger partial charge in [-0.2, -0.15) is 4.98 Å². The average Bonchev–Trinajstić information content (AvgIpc) is 2.75. The smallest absolute Gasteiger partial charge is 0.222 e. The Labute approximate surface area is 174 Å². The molecule has 7 heteroatoms. The third kappa shape index (κ3) is 4.53. The first-order valence-corrected chi connectivity index (χ1v) is 9.51. The Morgan fingerprint density at radius 3 is 2.50 bits per heavy atom. The average molecular weight is 398 g/mol. The number of nitrogens with one attached hydrogen (secondary N) is 1. The second-order valence-electron chi connectivity index (χ2n) is 6.75. The van der Waals surface area contributed by atoms with Crippen molar-refractivity contribution in [1.82, 2.24) is 15.0 Å². The number of hydrogen-bond donors (Lipinski definition) is 3. The highest BCUT2D eigenvalue weighted by Crippen LogP contribution is 2.27. The number of anilines is 3. The third-order valence-corrected chi connectivity index (χ3v) is 4.52. The molecule has 7 nitrogen and oxygen atoms in total. The van der Waals surface area contributed by atoms with Crippen LogP contribution in [0.15, 0.2) is 72.9 Å². The molecule has 0 saturated heterocycles. The number of hydrogen-bond acceptors (Lipinski definition) is 7. The Hall–Kier alpha value is -3.97. The highest BCUT2D eigenvalue weighted by atomic mass is 16.5. The summed E-state index contributed by atoms with van der Waals surface area (Å²) in [4.78, 5) is 12.8. The zero-order chi connectivity index (χ0) is 20.9. The lowest BCUT2D eigenvalue weighted by atomic mass is 10.1. The Balaban J connectivity index is 1.51. The van der Waals surface area contributed by atoms with Crippen molar-refractivity contribution < 1.29 is 4.74 Å². The lowest BCUT2D eigenvalue weighted by Gasteiger charge is -2.11. The molecule has 0 amide bonds. The molecule has 0 unspecified atom stereocenters. The monoisotopic (exact) mass is 398 g/mol. The minimum absolute atomic E-state index is 0.214. The van der Waals surface area contributed by atoms with Crippen molar-refractivity contribution in [3.63, 3.8) is 0 Å². The molecule has 0 fully saturated rings. The molecule has 4 aromatic rings. The van der Waals surface area contributed by atoms with Gasteiger partial charge in [0.15, 0.2) is 0 Å². The van der Waals surface area contributed by atoms with Gasteiger partial charge < -0.3 is 21.5 Å². The predicted octanol–water partition coefficient (Wildman–Crippen LogP) is 4.42. The van der Waals surface area contributed by atoms with Crippen molar-refractivity contribution in [1.29, 1.82) is 0 Å². The number of benzene rings is 2. The molecule has 0 radical (unpaired) electrons. The summed E-state index contributed by atoms with van der Waals surface area (Å²) in [6.07, 6.45) is 1.68. The minimum atomic E-state index is 0.214. The molecule has 150 valence electrons. The van der Waals surface area contributed by atoms with Crippen molar-refractivity contribution in [3.8, 4) is 22.8 Å². The summed E-state index contributed by atoms with van der Waals surface area (Å²) in [5.41, 5.74) is 16.1. The molecule has 0 spiro atoms. The van der Waals surface area contributed by atoms with Crippen LogP contribution in [0.4, 0.5) is 17.5 Å². The molecular formula is C23H22N6O. The molecule has 0 aliphatic rings. The van der Waals surface area contributed by atoms with Crippen LogP contribution in [0.3, 0.4) is 0 Å². The first-order valence-electron chi connectivity index (χ1n) is 9.51. The van der Waals surface area contributed by atoms with Gasteiger partial charge in [0, 0.05) is 36.1 Å². The first-order chi connectivity index (χ1) is 14.6. The molecule has 0 aliphatic carbocycles. The van der Waals surface area contributed by atoms with Crippen molar-refractivity contribution in [2.45, 2.75) is 13.5 Å². The van der Waals surface area contributed by atoms with Crippen LogP contribution in [-0.4, -0.2) is 15.0 Å². The van der Waals surface area contributed by atoms with E-state index >= 15 is 0 Å². The lowest BCUT2D eigenvalue weighted by Crippen LogP contribution is -2.02. The maximum Gasteiger partial charge on any atom is 0.222 e. The summed E-state index contributed by atoms with van der Waals surface area (Å²) >= 11 is 0. The van der Waals surface area contributed by atoms with E-state index in [0.717, 1.165) is 28.2 Å². The summed E-state index contributed by atoms with van der Waals surface area (Å²) in [6.45, 7) is 2.41. The number of nitrogens with two attached hydrogens (primary N) is 2. The molecule has 30 heavy (non-hydrogen) atoms. The fourth-order valence-corrected chi connectivity index (χ4v) is 3.05. The van der Waals surface area contributed by atoms with Crippen LogP contribution >= 0.6 is 0 Å². The van der Waals surface area contributed by atoms with E-state index < -0.39 is 0 Å². The molecule has 0 saturated carbocycles. The SMILES string of the molecule is Cc1ccccc1-c1cc(Nc2ccc(Oc3ccnc(CN)c3)cc2)nc(N)n1. The van der Waals surface area contributed by atoms with Gasteiger partial charge in [-0.05, 0) is 42.8 Å². The zero-order valence-electron chi connectivity index (χ0n) is 16.5. The van der Waals surface area contributed by atoms with Gasteiger partial charge in [0.1, 0.15) is 17.3 Å². The Bertz CT molecular complexity index is 1160. The first kappa shape index (κ1) is 19.4. The molecule has 5 N–H and O–H groups in total. The largest absolute Gasteiger partial charge is 0.457 e. The van der Waals surface area contributed by atoms with Gasteiger partial charge in [0.25, 0.3) is 0 Å². The molecule has 2 aromatic carbocycles. The summed E-state index contributed by atoms with van der Waals surface area (Å²) in [7, 11) is 0. The van der Waals surface area contributed by atoms with Gasteiger partial charge in [-0.1, -0.05) is 24.3 Å². The number of ether oxygens (including phenoxy) is 1. The van der Waals surface area contributed by atoms with Crippen molar-refractivity contribution in [3.05, 3.63) is 84.2 Å². The second kappa shape index (κ2) is 8.59. The Morgan fingerprint density at radius 2 is 1.73 bits per heavy atom. The van der Waals surface area contributed by atoms with E-state index in [1.165, 1.54) is 0 Å². The number of aromatic nitrogens is 3. The van der Waals surface area contributed by atoms with E-state index in [-0.39, 0.29) is 5.95 Å². The maximum atomic E-state index is 5.94. The number of aryl methyl sites for hydroxylation is 1. The van der Waals surface area contributed by atoms with Gasteiger partial charge in [-0.15, -0.1) is 0 Å². The highest BCUT2D eigenvalue weighted by molar-refractivity contribution is 5.69. The van der Waals surface area contributed by atoms with Gasteiger partial charge in [0.05, 0.1) is 11.4 Å². The van der Waals surface area contributed by atoms with Crippen molar-refractivity contribution in [2.24, 2.45) is 5.73 Å². The zero-order valence-corrected chi connectivity index (χ0v) is 16.5. The van der Waals surface area contributed by atoms with Gasteiger partial charge in [-0.25, -0.2) is 4.98 Å². The number of nitrogens with zero attached hydrogens (tertiary/aromatic N) is 3. The van der Waals surface area contributed by atoms with Crippen LogP contribution in [0.2, 0.25) is 0 Å². The highest BCUT2D eigenvalue weighted by Gasteiger charge is 2.08. The summed E-state index contributed by atoms with van der Waals surface area (Å²) in [6, 6.07) is 21.1. The molecule has 2 aromatic heterocycles. The van der Waals surface area contributed by atoms with Crippen LogP contribution in [0.5, 0.6) is 11.5 Å². The third-order valence-electron chi connectivity index (χ3n) is 4.52. The van der Waals surface area contributed by atoms with Gasteiger partial charge in [0.2, 0.25) is 5.95 Å². The predicted molar refractivity (Wildman–Crippen MR) is 119 cm³/mol. The van der Waals surface area contributed by atoms with Crippen LogP contribution < -0.4 is 21.5 Å². The van der Waals surface area contributed by atoms with E-state index in [1.807, 2.05) is 67.6 Å². The van der Waals surface area contributed by atoms with Crippen molar-refractivity contribution in [2.75, 3.05) is 11.1 Å². The summed E-state index contributed by atoms with van der Waals surface area (Å²) in [5, 5.41) is 3.27. The quantitative estimate of drug-likeness (QED) is 0.440. The van der Waals surface area contributed by atoms with E-state index in [1.54, 1.807) is 12.3 Å². The normalized spacial score (nSPS) is 10.6. The summed E-state index contributed by atoms with van der Waals surface area (Å²) < 4.78 is 5.87. The molecule has 4 rings (SSSR count). The van der Waals surface area contributed by atoms with Crippen LogP contribution in [0.25, 0.3) is 11.3 Å². The maximum absolute atomic E-state index is 5.94. The second-order valence-corrected chi connectivity index (χ2v) is 6.75. The lowest BCUT2D eigenvalue weighted by molar-refractivity contribution is 0.481. The molecule has 0 bridgehead atoms. The fraction of sp³-hybridized carbons (Fsp3) is 0.0870. The standard InChI is InChI=1S/C23H22N6O/c1-15-4-2-3-5-20(15)21-13-22(29-23(25)28-21)27-16-6-8-18(9-7-16)30-19-10-11-26-17(12-19)14-24/h2-13H,14,24H2,1H3,(H3,25,27,28,29). The van der Waals surface area contributed by atoms with E-state index in [4.69, 9.17) is 16.2 Å². The topological polar surface area (TPSA) is 112 Å². The fourth-order valence-electron chi connectivity index (χ4n) is 3.05. The van der Waals surface area contributed by atoms with Crippen LogP contribution in [0, 0.1) is 6.92 Å². The van der Waals surface area contributed by atoms with Crippen molar-refractivity contribution >= 4 is 17.5 Å². The molecule has 2 heterocycles. The van der Waals surface area contributed by atoms with Gasteiger partial charge in [-0.3, -0.25) is 4.98 Å². The van der Waals surface area contributed by atoms with Crippen LogP contribution in [0.1, 0.15) is 11.3 Å². The number of pyridine rings is 1. The minimum Gasteiger partial charge on any atom is -0.457 e.